The minimum absolute atomic E-state index is 0.0664. The zero-order valence-electron chi connectivity index (χ0n) is 10.0. The molecule has 1 unspecified atom stereocenters. The Morgan fingerprint density at radius 2 is 2.28 bits per heavy atom. The van der Waals surface area contributed by atoms with Gasteiger partial charge in [-0.1, -0.05) is 0 Å². The van der Waals surface area contributed by atoms with Crippen LogP contribution in [0.25, 0.3) is 0 Å². The van der Waals surface area contributed by atoms with Gasteiger partial charge in [-0.2, -0.15) is 0 Å². The smallest absolute Gasteiger partial charge is 0.345 e. The molecule has 0 radical (unpaired) electrons. The number of nitrogens with zero attached hydrogens (tertiary/aromatic N) is 2. The van der Waals surface area contributed by atoms with E-state index in [1.807, 2.05) is 6.92 Å². The Bertz CT molecular complexity index is 550. The average molecular weight is 283 g/mol. The lowest BCUT2D eigenvalue weighted by atomic mass is 10.2. The third kappa shape index (κ3) is 3.27. The summed E-state index contributed by atoms with van der Waals surface area (Å²) in [5.41, 5.74) is 0. The number of hydrogen-bond acceptors (Lipinski definition) is 6. The van der Waals surface area contributed by atoms with Gasteiger partial charge in [0, 0.05) is 22.2 Å². The second-order valence-electron chi connectivity index (χ2n) is 4.02. The maximum Gasteiger partial charge on any atom is 0.345 e. The fourth-order valence-corrected chi connectivity index (χ4v) is 3.34. The Hall–Kier alpha value is -1.47. The van der Waals surface area contributed by atoms with Gasteiger partial charge in [0.25, 0.3) is 0 Å². The molecule has 7 heteroatoms. The van der Waals surface area contributed by atoms with E-state index in [1.165, 1.54) is 16.0 Å². The first-order chi connectivity index (χ1) is 8.54. The standard InChI is InChI=1S/C11H13N3O2S2/c1-7(5-9-4-3-8(2)17-9)13-11-12-6-10(18-11)14(15)16/h3-4,6-7H,5H2,1-2H3,(H,12,13). The molecule has 0 aliphatic rings. The summed E-state index contributed by atoms with van der Waals surface area (Å²) in [5, 5.41) is 14.4. The summed E-state index contributed by atoms with van der Waals surface area (Å²) in [5.74, 6) is 0. The van der Waals surface area contributed by atoms with E-state index in [2.05, 4.69) is 29.4 Å². The van der Waals surface area contributed by atoms with E-state index in [-0.39, 0.29) is 11.0 Å². The van der Waals surface area contributed by atoms with Crippen molar-refractivity contribution in [3.05, 3.63) is 38.2 Å². The Balaban J connectivity index is 1.94. The zero-order valence-corrected chi connectivity index (χ0v) is 11.7. The van der Waals surface area contributed by atoms with Crippen LogP contribution in [0.4, 0.5) is 10.1 Å². The Kier molecular flexibility index (Phi) is 3.93. The van der Waals surface area contributed by atoms with Crippen molar-refractivity contribution in [1.29, 1.82) is 0 Å². The van der Waals surface area contributed by atoms with E-state index in [1.54, 1.807) is 11.3 Å². The van der Waals surface area contributed by atoms with Crippen molar-refractivity contribution in [2.75, 3.05) is 5.32 Å². The van der Waals surface area contributed by atoms with Crippen LogP contribution in [0.1, 0.15) is 16.7 Å². The number of nitrogens with one attached hydrogen (secondary N) is 1. The molecule has 0 bridgehead atoms. The number of aryl methyl sites for hydroxylation is 1. The van der Waals surface area contributed by atoms with Crippen molar-refractivity contribution in [2.24, 2.45) is 0 Å². The fraction of sp³-hybridized carbons (Fsp3) is 0.364. The molecule has 0 amide bonds. The number of hydrogen-bond donors (Lipinski definition) is 1. The topological polar surface area (TPSA) is 68.1 Å². The average Bonchev–Trinajstić information content (AvgIpc) is 2.88. The molecular formula is C11H13N3O2S2. The van der Waals surface area contributed by atoms with Crippen LogP contribution in [0.5, 0.6) is 0 Å². The first-order valence-electron chi connectivity index (χ1n) is 5.46. The van der Waals surface area contributed by atoms with Gasteiger partial charge in [0.2, 0.25) is 0 Å². The monoisotopic (exact) mass is 283 g/mol. The number of anilines is 1. The molecule has 96 valence electrons. The molecule has 1 N–H and O–H groups in total. The third-order valence-corrected chi connectivity index (χ3v) is 4.25. The van der Waals surface area contributed by atoms with Crippen LogP contribution < -0.4 is 5.32 Å². The lowest BCUT2D eigenvalue weighted by Gasteiger charge is -2.10. The predicted molar refractivity (Wildman–Crippen MR) is 74.6 cm³/mol. The maximum atomic E-state index is 10.5. The number of thiophene rings is 1. The van der Waals surface area contributed by atoms with Gasteiger partial charge in [-0.25, -0.2) is 4.98 Å². The number of rotatable bonds is 5. The maximum absolute atomic E-state index is 10.5. The highest BCUT2D eigenvalue weighted by molar-refractivity contribution is 7.18. The van der Waals surface area contributed by atoms with E-state index >= 15 is 0 Å². The summed E-state index contributed by atoms with van der Waals surface area (Å²) in [6, 6.07) is 4.41. The van der Waals surface area contributed by atoms with Gasteiger partial charge >= 0.3 is 5.00 Å². The summed E-state index contributed by atoms with van der Waals surface area (Å²) in [4.78, 5) is 16.7. The highest BCUT2D eigenvalue weighted by atomic mass is 32.1. The quantitative estimate of drug-likeness (QED) is 0.674. The van der Waals surface area contributed by atoms with E-state index < -0.39 is 4.92 Å². The molecular weight excluding hydrogens is 270 g/mol. The lowest BCUT2D eigenvalue weighted by Crippen LogP contribution is -2.17. The van der Waals surface area contributed by atoms with Crippen molar-refractivity contribution >= 4 is 32.8 Å². The molecule has 5 nitrogen and oxygen atoms in total. The number of thiazole rings is 1. The molecule has 0 fully saturated rings. The zero-order chi connectivity index (χ0) is 13.1. The number of nitro groups is 1. The minimum atomic E-state index is -0.420. The first kappa shape index (κ1) is 13.0. The molecule has 0 saturated heterocycles. The Morgan fingerprint density at radius 3 is 2.83 bits per heavy atom. The summed E-state index contributed by atoms with van der Waals surface area (Å²) in [6.07, 6.45) is 2.18. The van der Waals surface area contributed by atoms with Crippen LogP contribution in [0.2, 0.25) is 0 Å². The van der Waals surface area contributed by atoms with Crippen LogP contribution in [0, 0.1) is 17.0 Å². The van der Waals surface area contributed by atoms with Crippen LogP contribution in [0.15, 0.2) is 18.3 Å². The van der Waals surface area contributed by atoms with Crippen molar-refractivity contribution in [3.63, 3.8) is 0 Å². The molecule has 18 heavy (non-hydrogen) atoms. The largest absolute Gasteiger partial charge is 0.359 e. The van der Waals surface area contributed by atoms with Gasteiger partial charge in [0.15, 0.2) is 5.13 Å². The molecule has 2 aromatic rings. The van der Waals surface area contributed by atoms with Crippen LogP contribution in [-0.4, -0.2) is 15.9 Å². The SMILES string of the molecule is Cc1ccc(CC(C)Nc2ncc([N+](=O)[O-])s2)s1. The van der Waals surface area contributed by atoms with Crippen LogP contribution in [-0.2, 0) is 6.42 Å². The highest BCUT2D eigenvalue weighted by Crippen LogP contribution is 2.26. The van der Waals surface area contributed by atoms with E-state index in [0.717, 1.165) is 17.8 Å². The molecule has 2 heterocycles. The predicted octanol–water partition coefficient (Wildman–Crippen LogP) is 3.46. The number of aromatic nitrogens is 1. The second-order valence-corrected chi connectivity index (χ2v) is 6.40. The summed E-state index contributed by atoms with van der Waals surface area (Å²) < 4.78 is 0. The third-order valence-electron chi connectivity index (χ3n) is 2.35. The van der Waals surface area contributed by atoms with Crippen molar-refractivity contribution in [1.82, 2.24) is 4.98 Å². The van der Waals surface area contributed by atoms with Crippen LogP contribution >= 0.6 is 22.7 Å². The van der Waals surface area contributed by atoms with Gasteiger partial charge < -0.3 is 5.32 Å². The molecule has 1 atom stereocenters. The lowest BCUT2D eigenvalue weighted by molar-refractivity contribution is -0.380. The van der Waals surface area contributed by atoms with Gasteiger partial charge in [0.1, 0.15) is 6.20 Å². The molecule has 2 aromatic heterocycles. The molecule has 0 saturated carbocycles. The highest BCUT2D eigenvalue weighted by Gasteiger charge is 2.13. The molecule has 0 aliphatic heterocycles. The molecule has 0 spiro atoms. The Morgan fingerprint density at radius 1 is 1.50 bits per heavy atom. The van der Waals surface area contributed by atoms with Crippen molar-refractivity contribution in [3.8, 4) is 0 Å². The van der Waals surface area contributed by atoms with Gasteiger partial charge in [-0.05, 0) is 37.3 Å². The molecule has 2 rings (SSSR count). The van der Waals surface area contributed by atoms with E-state index in [4.69, 9.17) is 0 Å². The Labute approximate surface area is 113 Å². The summed E-state index contributed by atoms with van der Waals surface area (Å²) >= 11 is 2.84. The minimum Gasteiger partial charge on any atom is -0.359 e. The van der Waals surface area contributed by atoms with Gasteiger partial charge in [-0.3, -0.25) is 10.1 Å². The van der Waals surface area contributed by atoms with E-state index in [0.29, 0.717) is 5.13 Å². The van der Waals surface area contributed by atoms with Crippen LogP contribution in [0.3, 0.4) is 0 Å². The van der Waals surface area contributed by atoms with Gasteiger partial charge in [0.05, 0.1) is 4.92 Å². The normalized spacial score (nSPS) is 12.3. The first-order valence-corrected chi connectivity index (χ1v) is 7.10. The summed E-state index contributed by atoms with van der Waals surface area (Å²) in [7, 11) is 0. The fourth-order valence-electron chi connectivity index (χ4n) is 1.58. The second kappa shape index (κ2) is 5.45. The molecule has 0 aromatic carbocycles. The van der Waals surface area contributed by atoms with Crippen molar-refractivity contribution in [2.45, 2.75) is 26.3 Å². The van der Waals surface area contributed by atoms with Crippen molar-refractivity contribution < 1.29 is 4.92 Å². The van der Waals surface area contributed by atoms with E-state index in [9.17, 15) is 10.1 Å². The molecule has 0 aliphatic carbocycles. The van der Waals surface area contributed by atoms with Gasteiger partial charge in [-0.15, -0.1) is 11.3 Å². The summed E-state index contributed by atoms with van der Waals surface area (Å²) in [6.45, 7) is 4.12.